The number of hydrogen-bond donors (Lipinski definition) is 0. The Morgan fingerprint density at radius 1 is 1.17 bits per heavy atom. The van der Waals surface area contributed by atoms with Gasteiger partial charge in [0, 0.05) is 11.8 Å². The van der Waals surface area contributed by atoms with Crippen LogP contribution in [-0.2, 0) is 21.3 Å². The van der Waals surface area contributed by atoms with Crippen molar-refractivity contribution in [2.45, 2.75) is 56.3 Å². The van der Waals surface area contributed by atoms with Crippen LogP contribution in [0.25, 0.3) is 0 Å². The molecule has 4 nitrogen and oxygen atoms in total. The standard InChI is InChI=1S/C18H22O4S.Na/c1-18-9-8-14-13-5-3-12(23(20,21)22)10-11(13)2-4-15(14)16(18)6-7-17(18)19;/h3,5,10,14-16H,2,4,6-9H2,1H3,(H,20,21,22);/q;+1/p-1. The molecule has 4 unspecified atom stereocenters. The normalized spacial score (nSPS) is 34.8. The van der Waals surface area contributed by atoms with Gasteiger partial charge in [-0.3, -0.25) is 4.79 Å². The number of rotatable bonds is 1. The van der Waals surface area contributed by atoms with Crippen molar-refractivity contribution < 1.29 is 47.3 Å². The molecular formula is C18H21NaO4S. The Bertz CT molecular complexity index is 788. The first kappa shape index (κ1) is 18.6. The second kappa shape index (κ2) is 6.20. The molecule has 0 N–H and O–H groups in total. The Labute approximate surface area is 165 Å². The first-order valence-electron chi connectivity index (χ1n) is 8.43. The van der Waals surface area contributed by atoms with Gasteiger partial charge in [-0.25, -0.2) is 8.42 Å². The van der Waals surface area contributed by atoms with E-state index in [1.54, 1.807) is 6.07 Å². The van der Waals surface area contributed by atoms with Gasteiger partial charge in [-0.15, -0.1) is 0 Å². The third kappa shape index (κ3) is 2.73. The minimum absolute atomic E-state index is 0. The third-order valence-electron chi connectivity index (χ3n) is 6.70. The van der Waals surface area contributed by atoms with Crippen LogP contribution in [0.5, 0.6) is 0 Å². The van der Waals surface area contributed by atoms with Gasteiger partial charge >= 0.3 is 29.6 Å². The first-order valence-corrected chi connectivity index (χ1v) is 9.83. The van der Waals surface area contributed by atoms with Gasteiger partial charge in [-0.05, 0) is 73.1 Å². The molecule has 3 aliphatic rings. The predicted octanol–water partition coefficient (Wildman–Crippen LogP) is 0.0199. The summed E-state index contributed by atoms with van der Waals surface area (Å²) in [6.45, 7) is 2.14. The predicted molar refractivity (Wildman–Crippen MR) is 84.0 cm³/mol. The number of carbonyl (C=O) groups is 1. The van der Waals surface area contributed by atoms with Crippen LogP contribution >= 0.6 is 0 Å². The molecule has 0 aliphatic heterocycles. The fourth-order valence-electron chi connectivity index (χ4n) is 5.49. The zero-order valence-corrected chi connectivity index (χ0v) is 17.1. The molecule has 3 aliphatic carbocycles. The maximum atomic E-state index is 12.3. The molecule has 0 bridgehead atoms. The molecule has 4 rings (SSSR count). The van der Waals surface area contributed by atoms with Crippen LogP contribution < -0.4 is 29.6 Å². The van der Waals surface area contributed by atoms with Gasteiger partial charge in [0.15, 0.2) is 0 Å². The van der Waals surface area contributed by atoms with Gasteiger partial charge < -0.3 is 4.55 Å². The van der Waals surface area contributed by atoms with Crippen molar-refractivity contribution in [3.05, 3.63) is 29.3 Å². The van der Waals surface area contributed by atoms with Gasteiger partial charge in [-0.2, -0.15) is 0 Å². The van der Waals surface area contributed by atoms with Crippen LogP contribution in [0.3, 0.4) is 0 Å². The van der Waals surface area contributed by atoms with E-state index in [2.05, 4.69) is 6.92 Å². The number of carbonyl (C=O) groups excluding carboxylic acids is 1. The summed E-state index contributed by atoms with van der Waals surface area (Å²) in [5.41, 5.74) is 2.07. The summed E-state index contributed by atoms with van der Waals surface area (Å²) in [7, 11) is -4.39. The van der Waals surface area contributed by atoms with Crippen molar-refractivity contribution in [3.8, 4) is 0 Å². The van der Waals surface area contributed by atoms with E-state index in [4.69, 9.17) is 0 Å². The average Bonchev–Trinajstić information content (AvgIpc) is 2.81. The van der Waals surface area contributed by atoms with E-state index in [1.807, 2.05) is 6.07 Å². The molecule has 0 heterocycles. The van der Waals surface area contributed by atoms with E-state index in [0.717, 1.165) is 37.7 Å². The summed E-state index contributed by atoms with van der Waals surface area (Å²) in [6, 6.07) is 4.87. The molecule has 1 aromatic carbocycles. The molecule has 2 saturated carbocycles. The number of Topliss-reactive ketones (excluding diaryl/α,β-unsaturated/α-hetero) is 1. The summed E-state index contributed by atoms with van der Waals surface area (Å²) in [6.07, 6.45) is 5.43. The van der Waals surface area contributed by atoms with Gasteiger partial charge in [-0.1, -0.05) is 13.0 Å². The van der Waals surface area contributed by atoms with Crippen LogP contribution in [0.1, 0.15) is 56.1 Å². The number of ketones is 1. The minimum atomic E-state index is -4.39. The molecule has 124 valence electrons. The summed E-state index contributed by atoms with van der Waals surface area (Å²) in [5, 5.41) is 0. The monoisotopic (exact) mass is 356 g/mol. The van der Waals surface area contributed by atoms with Crippen molar-refractivity contribution in [2.75, 3.05) is 0 Å². The van der Waals surface area contributed by atoms with E-state index in [1.165, 1.54) is 11.6 Å². The maximum absolute atomic E-state index is 12.3. The van der Waals surface area contributed by atoms with Crippen LogP contribution in [0.4, 0.5) is 0 Å². The topological polar surface area (TPSA) is 74.3 Å². The smallest absolute Gasteiger partial charge is 0.744 e. The molecule has 0 spiro atoms. The van der Waals surface area contributed by atoms with Crippen LogP contribution in [-0.4, -0.2) is 18.8 Å². The molecule has 2 fully saturated rings. The Morgan fingerprint density at radius 2 is 1.92 bits per heavy atom. The van der Waals surface area contributed by atoms with Crippen molar-refractivity contribution in [2.24, 2.45) is 17.3 Å². The van der Waals surface area contributed by atoms with Gasteiger partial charge in [0.05, 0.1) is 4.90 Å². The molecule has 0 radical (unpaired) electrons. The van der Waals surface area contributed by atoms with Crippen LogP contribution in [0.2, 0.25) is 0 Å². The largest absolute Gasteiger partial charge is 1.00 e. The van der Waals surface area contributed by atoms with Gasteiger partial charge in [0.1, 0.15) is 15.9 Å². The Balaban J connectivity index is 0.00000169. The van der Waals surface area contributed by atoms with E-state index in [0.29, 0.717) is 30.0 Å². The third-order valence-corrected chi connectivity index (χ3v) is 7.53. The fourth-order valence-corrected chi connectivity index (χ4v) is 6.01. The second-order valence-electron chi connectivity index (χ2n) is 7.65. The molecular weight excluding hydrogens is 335 g/mol. The van der Waals surface area contributed by atoms with Crippen molar-refractivity contribution >= 4 is 15.9 Å². The SMILES string of the molecule is CC12CCC3c4ccc(S(=O)(=O)[O-])cc4CCC3C1CCC2=O.[Na+]. The van der Waals surface area contributed by atoms with E-state index in [9.17, 15) is 17.8 Å². The molecule has 24 heavy (non-hydrogen) atoms. The summed E-state index contributed by atoms with van der Waals surface area (Å²) in [5.74, 6) is 1.82. The Morgan fingerprint density at radius 3 is 2.62 bits per heavy atom. The summed E-state index contributed by atoms with van der Waals surface area (Å²) < 4.78 is 33.7. The maximum Gasteiger partial charge on any atom is 1.00 e. The zero-order chi connectivity index (χ0) is 16.4. The summed E-state index contributed by atoms with van der Waals surface area (Å²) >= 11 is 0. The first-order chi connectivity index (χ1) is 10.8. The van der Waals surface area contributed by atoms with E-state index < -0.39 is 10.1 Å². The van der Waals surface area contributed by atoms with E-state index >= 15 is 0 Å². The van der Waals surface area contributed by atoms with Crippen molar-refractivity contribution in [3.63, 3.8) is 0 Å². The average molecular weight is 356 g/mol. The molecule has 0 aromatic heterocycles. The number of aryl methyl sites for hydroxylation is 1. The Kier molecular flexibility index (Phi) is 4.80. The molecule has 0 saturated heterocycles. The minimum Gasteiger partial charge on any atom is -0.744 e. The van der Waals surface area contributed by atoms with Crippen molar-refractivity contribution in [1.82, 2.24) is 0 Å². The van der Waals surface area contributed by atoms with Crippen LogP contribution in [0.15, 0.2) is 23.1 Å². The van der Waals surface area contributed by atoms with Crippen LogP contribution in [0, 0.1) is 17.3 Å². The fraction of sp³-hybridized carbons (Fsp3) is 0.611. The zero-order valence-electron chi connectivity index (χ0n) is 14.2. The Hall–Kier alpha value is -0.200. The van der Waals surface area contributed by atoms with Crippen molar-refractivity contribution in [1.29, 1.82) is 0 Å². The number of hydrogen-bond acceptors (Lipinski definition) is 4. The quantitative estimate of drug-likeness (QED) is 0.525. The molecule has 4 atom stereocenters. The summed E-state index contributed by atoms with van der Waals surface area (Å²) in [4.78, 5) is 12.2. The number of benzene rings is 1. The van der Waals surface area contributed by atoms with E-state index in [-0.39, 0.29) is 39.9 Å². The molecule has 0 amide bonds. The molecule has 1 aromatic rings. The number of fused-ring (bicyclic) bond motifs is 5. The van der Waals surface area contributed by atoms with Gasteiger partial charge in [0.2, 0.25) is 0 Å². The molecule has 6 heteroatoms. The van der Waals surface area contributed by atoms with Gasteiger partial charge in [0.25, 0.3) is 0 Å². The second-order valence-corrected chi connectivity index (χ2v) is 9.03.